The highest BCUT2D eigenvalue weighted by Gasteiger charge is 2.33. The Morgan fingerprint density at radius 2 is 1.79 bits per heavy atom. The molecule has 2 saturated heterocycles. The lowest BCUT2D eigenvalue weighted by atomic mass is 9.84. The van der Waals surface area contributed by atoms with Crippen LogP contribution in [0.4, 0.5) is 14.5 Å². The molecule has 13 nitrogen and oxygen atoms in total. The molecule has 1 atom stereocenters. The van der Waals surface area contributed by atoms with Crippen LogP contribution < -0.4 is 20.3 Å². The normalized spacial score (nSPS) is 21.3. The second-order valence-electron chi connectivity index (χ2n) is 14.2. The Morgan fingerprint density at radius 3 is 2.53 bits per heavy atom. The topological polar surface area (TPSA) is 139 Å². The Labute approximate surface area is 304 Å². The number of carbonyl (C=O) groups is 3. The van der Waals surface area contributed by atoms with Crippen LogP contribution in [0.2, 0.25) is 0 Å². The molecule has 3 aromatic heterocycles. The summed E-state index contributed by atoms with van der Waals surface area (Å²) in [5.41, 5.74) is 2.06. The van der Waals surface area contributed by atoms with Gasteiger partial charge in [0.15, 0.2) is 11.5 Å². The van der Waals surface area contributed by atoms with Gasteiger partial charge in [-0.25, -0.2) is 18.4 Å². The van der Waals surface area contributed by atoms with E-state index in [1.807, 2.05) is 29.3 Å². The number of piperidine rings is 1. The molecular weight excluding hydrogens is 684 g/mol. The molecule has 2 N–H and O–H groups in total. The lowest BCUT2D eigenvalue weighted by molar-refractivity contribution is -0.134. The van der Waals surface area contributed by atoms with Gasteiger partial charge in [-0.15, -0.1) is 0 Å². The quantitative estimate of drug-likeness (QED) is 0.212. The summed E-state index contributed by atoms with van der Waals surface area (Å²) < 4.78 is 39.2. The van der Waals surface area contributed by atoms with Crippen molar-refractivity contribution in [3.63, 3.8) is 0 Å². The molecule has 5 heterocycles. The third-order valence-corrected chi connectivity index (χ3v) is 11.0. The van der Waals surface area contributed by atoms with E-state index in [0.717, 1.165) is 57.1 Å². The number of anilines is 1. The average molecular weight is 726 g/mol. The van der Waals surface area contributed by atoms with Crippen molar-refractivity contribution in [2.45, 2.75) is 56.9 Å². The van der Waals surface area contributed by atoms with E-state index < -0.39 is 29.4 Å². The zero-order valence-electron chi connectivity index (χ0n) is 29.4. The largest absolute Gasteiger partial charge is 0.496 e. The van der Waals surface area contributed by atoms with Crippen molar-refractivity contribution < 1.29 is 27.9 Å². The summed E-state index contributed by atoms with van der Waals surface area (Å²) in [5, 5.41) is 15.3. The van der Waals surface area contributed by atoms with E-state index in [1.165, 1.54) is 12.1 Å². The maximum atomic E-state index is 15.1. The van der Waals surface area contributed by atoms with Crippen LogP contribution in [0.25, 0.3) is 22.4 Å². The number of fused-ring (bicyclic) bond motifs is 2. The summed E-state index contributed by atoms with van der Waals surface area (Å²) >= 11 is 0. The van der Waals surface area contributed by atoms with Crippen molar-refractivity contribution in [2.75, 3.05) is 44.7 Å². The van der Waals surface area contributed by atoms with Crippen LogP contribution >= 0.6 is 0 Å². The minimum Gasteiger partial charge on any atom is -0.496 e. The van der Waals surface area contributed by atoms with E-state index in [4.69, 9.17) is 4.74 Å². The van der Waals surface area contributed by atoms with Crippen molar-refractivity contribution in [3.05, 3.63) is 77.8 Å². The van der Waals surface area contributed by atoms with Gasteiger partial charge in [0.05, 0.1) is 30.3 Å². The van der Waals surface area contributed by atoms with Gasteiger partial charge in [0.25, 0.3) is 5.91 Å². The number of amides is 3. The Bertz CT molecular complexity index is 2160. The predicted molar refractivity (Wildman–Crippen MR) is 192 cm³/mol. The highest BCUT2D eigenvalue weighted by molar-refractivity contribution is 6.01. The van der Waals surface area contributed by atoms with Gasteiger partial charge in [-0.3, -0.25) is 24.6 Å². The van der Waals surface area contributed by atoms with Crippen molar-refractivity contribution in [1.82, 2.24) is 39.9 Å². The molecule has 8 rings (SSSR count). The number of methoxy groups -OCH3 is 1. The lowest BCUT2D eigenvalue weighted by Crippen LogP contribution is -2.47. The number of nitrogens with zero attached hydrogens (tertiary/aromatic N) is 7. The second kappa shape index (κ2) is 14.5. The van der Waals surface area contributed by atoms with Crippen LogP contribution in [-0.4, -0.2) is 92.9 Å². The summed E-state index contributed by atoms with van der Waals surface area (Å²) in [6, 6.07) is 9.99. The first-order valence-electron chi connectivity index (χ1n) is 18.2. The molecule has 3 fully saturated rings. The maximum absolute atomic E-state index is 15.1. The molecule has 1 aliphatic carbocycles. The molecule has 3 amide bonds. The SMILES string of the molecule is COc1cc2nn(-c3cnc4cccnn34)cc2cc1C(=O)NC1CCC(CCN2CCN(c3cc(F)c(C4CCC(=O)NC4=O)c(F)c3)CC2)CC1. The number of halogens is 2. The number of carbonyl (C=O) groups excluding carboxylic acids is 3. The molecular formula is C38H41F2N9O4. The smallest absolute Gasteiger partial charge is 0.255 e. The number of aromatic nitrogens is 5. The molecule has 0 radical (unpaired) electrons. The van der Waals surface area contributed by atoms with Gasteiger partial charge in [0, 0.05) is 73.7 Å². The molecule has 0 spiro atoms. The highest BCUT2D eigenvalue weighted by Crippen LogP contribution is 2.33. The fourth-order valence-corrected chi connectivity index (χ4v) is 8.00. The number of benzene rings is 2. The van der Waals surface area contributed by atoms with Crippen LogP contribution in [-0.2, 0) is 9.59 Å². The summed E-state index contributed by atoms with van der Waals surface area (Å²) in [7, 11) is 1.55. The Morgan fingerprint density at radius 1 is 1.02 bits per heavy atom. The van der Waals surface area contributed by atoms with Crippen LogP contribution in [0.3, 0.4) is 0 Å². The zero-order chi connectivity index (χ0) is 36.6. The van der Waals surface area contributed by atoms with Crippen LogP contribution in [0, 0.1) is 17.6 Å². The third-order valence-electron chi connectivity index (χ3n) is 11.0. The number of rotatable bonds is 9. The van der Waals surface area contributed by atoms with E-state index in [9.17, 15) is 14.4 Å². The first kappa shape index (κ1) is 34.6. The van der Waals surface area contributed by atoms with E-state index in [0.29, 0.717) is 53.0 Å². The molecule has 5 aromatic rings. The summed E-state index contributed by atoms with van der Waals surface area (Å²) in [4.78, 5) is 46.0. The fraction of sp³-hybridized carbons (Fsp3) is 0.421. The molecule has 53 heavy (non-hydrogen) atoms. The van der Waals surface area contributed by atoms with Crippen molar-refractivity contribution >= 4 is 40.0 Å². The lowest BCUT2D eigenvalue weighted by Gasteiger charge is -2.37. The minimum atomic E-state index is -1.01. The average Bonchev–Trinajstić information content (AvgIpc) is 3.78. The number of hydrogen-bond acceptors (Lipinski definition) is 9. The molecule has 0 bridgehead atoms. The Hall–Kier alpha value is -5.44. The van der Waals surface area contributed by atoms with Crippen molar-refractivity contribution in [3.8, 4) is 11.6 Å². The summed E-state index contributed by atoms with van der Waals surface area (Å²) in [5.74, 6) is -2.05. The number of imide groups is 1. The fourth-order valence-electron chi connectivity index (χ4n) is 8.00. The van der Waals surface area contributed by atoms with Gasteiger partial charge >= 0.3 is 0 Å². The molecule has 2 aliphatic heterocycles. The van der Waals surface area contributed by atoms with Gasteiger partial charge < -0.3 is 15.0 Å². The highest BCUT2D eigenvalue weighted by atomic mass is 19.1. The first-order chi connectivity index (χ1) is 25.7. The number of piperazine rings is 1. The Kier molecular flexibility index (Phi) is 9.49. The summed E-state index contributed by atoms with van der Waals surface area (Å²) in [6.07, 6.45) is 10.3. The number of hydrogen-bond donors (Lipinski definition) is 2. The molecule has 3 aliphatic rings. The van der Waals surface area contributed by atoms with Crippen molar-refractivity contribution in [2.24, 2.45) is 5.92 Å². The molecule has 1 saturated carbocycles. The number of ether oxygens (including phenoxy) is 1. The van der Waals surface area contributed by atoms with E-state index >= 15 is 8.78 Å². The van der Waals surface area contributed by atoms with Crippen LogP contribution in [0.15, 0.2) is 55.0 Å². The first-order valence-corrected chi connectivity index (χ1v) is 18.2. The van der Waals surface area contributed by atoms with Gasteiger partial charge in [0.2, 0.25) is 11.8 Å². The predicted octanol–water partition coefficient (Wildman–Crippen LogP) is 4.38. The molecule has 15 heteroatoms. The minimum absolute atomic E-state index is 0.0593. The standard InChI is InChI=1S/C38H41F2N9O4/c1-53-32-20-31-24(22-48(45-31)35-21-41-33-3-2-11-42-49(33)35)17-28(32)38(52)43-25-6-4-23(5-7-25)10-12-46-13-15-47(16-14-46)26-18-29(39)36(30(40)19-26)27-8-9-34(50)44-37(27)51/h2-3,11,17-23,25,27H,4-10,12-16H2,1H3,(H,43,52)(H,44,50,51). The second-order valence-corrected chi connectivity index (χ2v) is 14.2. The molecule has 276 valence electrons. The van der Waals surface area contributed by atoms with E-state index in [-0.39, 0.29) is 30.4 Å². The number of imidazole rings is 1. The molecule has 1 unspecified atom stereocenters. The van der Waals surface area contributed by atoms with Gasteiger partial charge in [-0.05, 0) is 81.3 Å². The van der Waals surface area contributed by atoms with Crippen molar-refractivity contribution in [1.29, 1.82) is 0 Å². The van der Waals surface area contributed by atoms with Gasteiger partial charge in [-0.1, -0.05) is 0 Å². The van der Waals surface area contributed by atoms with Crippen LogP contribution in [0.5, 0.6) is 5.75 Å². The van der Waals surface area contributed by atoms with Gasteiger partial charge in [-0.2, -0.15) is 14.7 Å². The number of nitrogens with one attached hydrogen (secondary N) is 2. The van der Waals surface area contributed by atoms with E-state index in [2.05, 4.69) is 30.7 Å². The summed E-state index contributed by atoms with van der Waals surface area (Å²) in [6.45, 7) is 3.80. The third kappa shape index (κ3) is 7.04. The monoisotopic (exact) mass is 725 g/mol. The maximum Gasteiger partial charge on any atom is 0.255 e. The van der Waals surface area contributed by atoms with Gasteiger partial charge in [0.1, 0.15) is 17.4 Å². The zero-order valence-corrected chi connectivity index (χ0v) is 29.4. The van der Waals surface area contributed by atoms with E-state index in [1.54, 1.807) is 34.8 Å². The Balaban J connectivity index is 0.812. The van der Waals surface area contributed by atoms with Crippen LogP contribution in [0.1, 0.15) is 66.8 Å². The molecule has 2 aromatic carbocycles.